The van der Waals surface area contributed by atoms with Crippen molar-refractivity contribution < 1.29 is 28.7 Å². The SMILES string of the molecule is O=C(N[C@@H]1C(=O)N2CC(C=CCCl)(C(=O)O)CS[C@H]12)C(=NOCF)c1nsc(NC(c2ccccc2)(c2ccccc2)c2ccccc2)n1. The van der Waals surface area contributed by atoms with Crippen molar-refractivity contribution in [2.45, 2.75) is 17.0 Å². The number of benzene rings is 3. The summed E-state index contributed by atoms with van der Waals surface area (Å²) in [7, 11) is 0. The molecular weight excluding hydrogens is 691 g/mol. The highest BCUT2D eigenvalue weighted by molar-refractivity contribution is 8.00. The van der Waals surface area contributed by atoms with Crippen LogP contribution in [0.5, 0.6) is 0 Å². The Balaban J connectivity index is 1.27. The molecule has 11 nitrogen and oxygen atoms in total. The van der Waals surface area contributed by atoms with Gasteiger partial charge in [0.1, 0.15) is 22.4 Å². The van der Waals surface area contributed by atoms with Crippen molar-refractivity contribution in [1.82, 2.24) is 19.6 Å². The normalized spacial score (nSPS) is 20.7. The van der Waals surface area contributed by atoms with E-state index in [1.807, 2.05) is 91.0 Å². The number of carbonyl (C=O) groups excluding carboxylic acids is 2. The topological polar surface area (TPSA) is 146 Å². The molecule has 0 saturated carbocycles. The van der Waals surface area contributed by atoms with E-state index in [9.17, 15) is 23.9 Å². The van der Waals surface area contributed by atoms with Crippen LogP contribution < -0.4 is 10.6 Å². The predicted molar refractivity (Wildman–Crippen MR) is 186 cm³/mol. The predicted octanol–water partition coefficient (Wildman–Crippen LogP) is 4.86. The van der Waals surface area contributed by atoms with E-state index >= 15 is 0 Å². The molecule has 2 saturated heterocycles. The van der Waals surface area contributed by atoms with Gasteiger partial charge in [0, 0.05) is 29.7 Å². The number of halogens is 2. The number of anilines is 1. The van der Waals surface area contributed by atoms with E-state index in [1.165, 1.54) is 22.7 Å². The zero-order valence-corrected chi connectivity index (χ0v) is 28.1. The number of hydrogen-bond donors (Lipinski definition) is 3. The number of rotatable bonds is 13. The largest absolute Gasteiger partial charge is 0.481 e. The molecule has 3 N–H and O–H groups in total. The minimum Gasteiger partial charge on any atom is -0.481 e. The standard InChI is InChI=1S/C34H30ClFN6O5S2/c35-18-10-17-33(31(45)46)19-42-29(44)26(30(42)48-20-33)37-28(43)25(40-47-21-36)27-38-32(49-41-27)39-34(22-11-4-1-5-12-22,23-13-6-2-7-14-23)24-15-8-3-9-16-24/h1-17,26,30H,18-21H2,(H,37,43)(H,45,46)(H,38,39,41)/t26-,30-,33?/m1/s1. The molecule has 0 bridgehead atoms. The molecule has 6 rings (SSSR count). The Morgan fingerprint density at radius 2 is 1.65 bits per heavy atom. The lowest BCUT2D eigenvalue weighted by Crippen LogP contribution is -2.73. The summed E-state index contributed by atoms with van der Waals surface area (Å²) in [6.45, 7) is -1.38. The highest BCUT2D eigenvalue weighted by atomic mass is 35.5. The number of carbonyl (C=O) groups is 3. The molecule has 252 valence electrons. The number of aromatic nitrogens is 2. The van der Waals surface area contributed by atoms with E-state index < -0.39 is 52.7 Å². The highest BCUT2D eigenvalue weighted by Gasteiger charge is 2.57. The molecule has 15 heteroatoms. The molecule has 3 heterocycles. The van der Waals surface area contributed by atoms with E-state index in [0.717, 1.165) is 28.2 Å². The van der Waals surface area contributed by atoms with Crippen LogP contribution in [0, 0.1) is 5.41 Å². The number of alkyl halides is 2. The average Bonchev–Trinajstić information content (AvgIpc) is 3.60. The molecule has 49 heavy (non-hydrogen) atoms. The molecule has 2 amide bonds. The van der Waals surface area contributed by atoms with Crippen LogP contribution in [0.4, 0.5) is 9.52 Å². The van der Waals surface area contributed by atoms with Crippen LogP contribution in [-0.4, -0.2) is 79.3 Å². The van der Waals surface area contributed by atoms with Crippen molar-refractivity contribution in [2.75, 3.05) is 30.4 Å². The molecule has 0 aliphatic carbocycles. The third-order valence-corrected chi connectivity index (χ3v) is 10.7. The smallest absolute Gasteiger partial charge is 0.316 e. The number of thioether (sulfide) groups is 1. The first-order valence-electron chi connectivity index (χ1n) is 15.1. The van der Waals surface area contributed by atoms with Crippen LogP contribution in [-0.2, 0) is 24.8 Å². The molecule has 2 aliphatic rings. The number of hydrogen-bond acceptors (Lipinski definition) is 10. The monoisotopic (exact) mass is 720 g/mol. The van der Waals surface area contributed by atoms with E-state index in [0.29, 0.717) is 5.13 Å². The van der Waals surface area contributed by atoms with E-state index in [4.69, 9.17) is 11.6 Å². The molecule has 1 unspecified atom stereocenters. The number of aliphatic carboxylic acids is 1. The number of β-lactam (4-membered cyclic amide) rings is 1. The van der Waals surface area contributed by atoms with Gasteiger partial charge in [-0.3, -0.25) is 14.4 Å². The van der Waals surface area contributed by atoms with E-state index in [2.05, 4.69) is 30.0 Å². The Bertz CT molecular complexity index is 1770. The Labute approximate surface area is 294 Å². The number of amides is 2. The van der Waals surface area contributed by atoms with Crippen LogP contribution in [0.25, 0.3) is 0 Å². The van der Waals surface area contributed by atoms with Gasteiger partial charge in [0.2, 0.25) is 22.6 Å². The Morgan fingerprint density at radius 1 is 1.06 bits per heavy atom. The van der Waals surface area contributed by atoms with Gasteiger partial charge in [0.05, 0.1) is 0 Å². The first-order valence-corrected chi connectivity index (χ1v) is 17.4. The molecule has 2 aliphatic heterocycles. The number of allylic oxidation sites excluding steroid dienone is 1. The van der Waals surface area contributed by atoms with Crippen molar-refractivity contribution in [3.05, 3.63) is 126 Å². The number of nitrogens with zero attached hydrogens (tertiary/aromatic N) is 4. The molecule has 3 aromatic carbocycles. The van der Waals surface area contributed by atoms with Crippen LogP contribution in [0.2, 0.25) is 0 Å². The van der Waals surface area contributed by atoms with Crippen LogP contribution in [0.3, 0.4) is 0 Å². The van der Waals surface area contributed by atoms with Gasteiger partial charge in [-0.25, -0.2) is 4.39 Å². The van der Waals surface area contributed by atoms with Crippen molar-refractivity contribution in [3.8, 4) is 0 Å². The molecule has 4 aromatic rings. The average molecular weight is 721 g/mol. The van der Waals surface area contributed by atoms with Gasteiger partial charge in [-0.2, -0.15) is 9.36 Å². The van der Waals surface area contributed by atoms with E-state index in [1.54, 1.807) is 6.08 Å². The maximum atomic E-state index is 13.6. The molecule has 1 aromatic heterocycles. The van der Waals surface area contributed by atoms with Crippen molar-refractivity contribution in [1.29, 1.82) is 0 Å². The second kappa shape index (κ2) is 14.8. The van der Waals surface area contributed by atoms with Crippen molar-refractivity contribution in [3.63, 3.8) is 0 Å². The lowest BCUT2D eigenvalue weighted by Gasteiger charge is -2.53. The zero-order chi connectivity index (χ0) is 34.4. The Hall–Kier alpha value is -4.79. The van der Waals surface area contributed by atoms with Crippen LogP contribution >= 0.6 is 34.9 Å². The second-order valence-electron chi connectivity index (χ2n) is 11.2. The van der Waals surface area contributed by atoms with Crippen molar-refractivity contribution in [2.24, 2.45) is 10.6 Å². The fraction of sp³-hybridized carbons (Fsp3) is 0.235. The van der Waals surface area contributed by atoms with Gasteiger partial charge in [-0.05, 0) is 16.7 Å². The summed E-state index contributed by atoms with van der Waals surface area (Å²) in [6, 6.07) is 28.5. The lowest BCUT2D eigenvalue weighted by atomic mass is 9.77. The number of fused-ring (bicyclic) bond motifs is 1. The van der Waals surface area contributed by atoms with Gasteiger partial charge >= 0.3 is 5.97 Å². The zero-order valence-electron chi connectivity index (χ0n) is 25.7. The first kappa shape index (κ1) is 34.1. The second-order valence-corrected chi connectivity index (χ2v) is 13.4. The number of nitrogens with one attached hydrogen (secondary N) is 2. The summed E-state index contributed by atoms with van der Waals surface area (Å²) >= 11 is 7.94. The van der Waals surface area contributed by atoms with Gasteiger partial charge < -0.3 is 25.5 Å². The summed E-state index contributed by atoms with van der Waals surface area (Å²) in [4.78, 5) is 49.4. The number of carboxylic acid groups (broad SMARTS) is 1. The lowest BCUT2D eigenvalue weighted by molar-refractivity contribution is -0.156. The molecule has 2 fully saturated rings. The molecule has 0 radical (unpaired) electrons. The fourth-order valence-electron chi connectivity index (χ4n) is 5.96. The minimum atomic E-state index is -1.31. The summed E-state index contributed by atoms with van der Waals surface area (Å²) in [5.74, 6) is -2.24. The van der Waals surface area contributed by atoms with Gasteiger partial charge in [0.25, 0.3) is 12.8 Å². The maximum absolute atomic E-state index is 13.6. The summed E-state index contributed by atoms with van der Waals surface area (Å²) in [6.07, 6.45) is 3.05. The summed E-state index contributed by atoms with van der Waals surface area (Å²) in [5, 5.41) is 19.6. The third kappa shape index (κ3) is 6.63. The summed E-state index contributed by atoms with van der Waals surface area (Å²) < 4.78 is 17.5. The molecular formula is C34H30ClFN6O5S2. The fourth-order valence-corrected chi connectivity index (χ4v) is 8.19. The molecule has 0 spiro atoms. The maximum Gasteiger partial charge on any atom is 0.316 e. The van der Waals surface area contributed by atoms with Gasteiger partial charge in [-0.1, -0.05) is 108 Å². The first-order chi connectivity index (χ1) is 23.8. The molecule has 3 atom stereocenters. The number of oxime groups is 1. The third-order valence-electron chi connectivity index (χ3n) is 8.32. The Kier molecular flexibility index (Phi) is 10.3. The van der Waals surface area contributed by atoms with Gasteiger partial charge in [0.15, 0.2) is 0 Å². The summed E-state index contributed by atoms with van der Waals surface area (Å²) in [5.41, 5.74) is 0.0901. The minimum absolute atomic E-state index is 0.0703. The highest BCUT2D eigenvalue weighted by Crippen LogP contribution is 2.43. The van der Waals surface area contributed by atoms with E-state index in [-0.39, 0.29) is 24.0 Å². The Morgan fingerprint density at radius 3 is 2.18 bits per heavy atom. The quantitative estimate of drug-likeness (QED) is 0.0441. The van der Waals surface area contributed by atoms with Crippen LogP contribution in [0.15, 0.2) is 108 Å². The van der Waals surface area contributed by atoms with Crippen molar-refractivity contribution >= 4 is 63.5 Å². The van der Waals surface area contributed by atoms with Crippen LogP contribution in [0.1, 0.15) is 22.5 Å². The van der Waals surface area contributed by atoms with Gasteiger partial charge in [-0.15, -0.1) is 23.4 Å². The number of carboxylic acids is 1.